The fraction of sp³-hybridized carbons (Fsp3) is 0.235. The fourth-order valence-corrected chi connectivity index (χ4v) is 2.18. The molecule has 0 spiro atoms. The van der Waals surface area contributed by atoms with Crippen LogP contribution in [0.3, 0.4) is 0 Å². The minimum atomic E-state index is -5.29. The number of rotatable bonds is 5. The second-order valence-electron chi connectivity index (χ2n) is 5.49. The van der Waals surface area contributed by atoms with E-state index in [2.05, 4.69) is 9.72 Å². The molecule has 0 bridgehead atoms. The topological polar surface area (TPSA) is 80.3 Å². The van der Waals surface area contributed by atoms with Gasteiger partial charge < -0.3 is 15.4 Å². The molecule has 1 aromatic carbocycles. The summed E-state index contributed by atoms with van der Waals surface area (Å²) in [5.74, 6) is -4.02. The van der Waals surface area contributed by atoms with Gasteiger partial charge >= 0.3 is 17.8 Å². The predicted octanol–water partition coefficient (Wildman–Crippen LogP) is 2.80. The number of aromatic nitrogens is 1. The van der Waals surface area contributed by atoms with Crippen molar-refractivity contribution < 1.29 is 31.9 Å². The number of pyridine rings is 1. The van der Waals surface area contributed by atoms with Crippen LogP contribution in [0.25, 0.3) is 0 Å². The summed E-state index contributed by atoms with van der Waals surface area (Å²) in [4.78, 5) is 28.2. The molecule has 2 N–H and O–H groups in total. The van der Waals surface area contributed by atoms with E-state index in [1.165, 1.54) is 25.3 Å². The number of hydrogen-bond donors (Lipinski definition) is 2. The largest absolute Gasteiger partial charge is 0.466 e. The zero-order chi connectivity index (χ0) is 20.2. The van der Waals surface area contributed by atoms with E-state index in [0.29, 0.717) is 5.56 Å². The number of alkyl halides is 3. The molecule has 0 saturated carbocycles. The quantitative estimate of drug-likeness (QED) is 0.470. The molecule has 0 radical (unpaired) electrons. The molecule has 27 heavy (non-hydrogen) atoms. The average Bonchev–Trinajstić information content (AvgIpc) is 2.61. The van der Waals surface area contributed by atoms with Crippen molar-refractivity contribution in [2.24, 2.45) is 0 Å². The number of anilines is 1. The Balaban J connectivity index is 2.50. The lowest BCUT2D eigenvalue weighted by molar-refractivity contribution is -0.203. The van der Waals surface area contributed by atoms with E-state index in [1.807, 2.05) is 5.32 Å². The lowest BCUT2D eigenvalue weighted by atomic mass is 10.1. The number of nitrogens with zero attached hydrogens (tertiary/aromatic N) is 1. The van der Waals surface area contributed by atoms with Crippen LogP contribution in [0.2, 0.25) is 0 Å². The Labute approximate surface area is 151 Å². The summed E-state index contributed by atoms with van der Waals surface area (Å²) in [6, 6.07) is 6.72. The van der Waals surface area contributed by atoms with Crippen molar-refractivity contribution >= 4 is 17.7 Å². The summed E-state index contributed by atoms with van der Waals surface area (Å²) in [6.07, 6.45) is -4.07. The zero-order valence-corrected chi connectivity index (χ0v) is 14.2. The second kappa shape index (κ2) is 7.60. The van der Waals surface area contributed by atoms with Crippen molar-refractivity contribution in [2.45, 2.75) is 18.8 Å². The van der Waals surface area contributed by atoms with Gasteiger partial charge in [-0.1, -0.05) is 6.07 Å². The monoisotopic (exact) mass is 385 g/mol. The Morgan fingerprint density at radius 2 is 1.74 bits per heavy atom. The number of methoxy groups -OCH3 is 1. The third kappa shape index (κ3) is 4.15. The van der Waals surface area contributed by atoms with Crippen molar-refractivity contribution in [1.29, 1.82) is 0 Å². The lowest BCUT2D eigenvalue weighted by Crippen LogP contribution is -2.69. The Morgan fingerprint density at radius 3 is 2.26 bits per heavy atom. The molecule has 0 fully saturated rings. The van der Waals surface area contributed by atoms with E-state index in [-0.39, 0.29) is 11.4 Å². The Hall–Kier alpha value is -3.17. The van der Waals surface area contributed by atoms with E-state index >= 15 is 0 Å². The first kappa shape index (κ1) is 20.1. The van der Waals surface area contributed by atoms with Gasteiger partial charge in [0.05, 0.1) is 7.11 Å². The fourth-order valence-electron chi connectivity index (χ4n) is 2.18. The number of nitrogens with one attached hydrogen (secondary N) is 2. The van der Waals surface area contributed by atoms with Gasteiger partial charge in [0.2, 0.25) is 0 Å². The second-order valence-corrected chi connectivity index (χ2v) is 5.49. The summed E-state index contributed by atoms with van der Waals surface area (Å²) < 4.78 is 59.0. The maximum absolute atomic E-state index is 13.9. The molecule has 1 atom stereocenters. The number of carbonyl (C=O) groups is 2. The molecule has 1 heterocycles. The van der Waals surface area contributed by atoms with E-state index in [0.717, 1.165) is 31.4 Å². The highest BCUT2D eigenvalue weighted by atomic mass is 19.4. The van der Waals surface area contributed by atoms with Gasteiger partial charge in [0.25, 0.3) is 5.91 Å². The van der Waals surface area contributed by atoms with Crippen molar-refractivity contribution in [3.63, 3.8) is 0 Å². The van der Waals surface area contributed by atoms with Gasteiger partial charge in [0.15, 0.2) is 0 Å². The van der Waals surface area contributed by atoms with Gasteiger partial charge in [0, 0.05) is 11.8 Å². The molecule has 0 aliphatic rings. The molecule has 2 aromatic rings. The highest BCUT2D eigenvalue weighted by Gasteiger charge is 2.63. The van der Waals surface area contributed by atoms with Gasteiger partial charge in [-0.05, 0) is 42.8 Å². The molecule has 6 nitrogen and oxygen atoms in total. The Bertz CT molecular complexity index is 840. The molecule has 1 amide bonds. The summed E-state index contributed by atoms with van der Waals surface area (Å²) in [6.45, 7) is 1.47. The van der Waals surface area contributed by atoms with Gasteiger partial charge in [0.1, 0.15) is 11.6 Å². The zero-order valence-electron chi connectivity index (χ0n) is 14.2. The maximum Gasteiger partial charge on any atom is 0.441 e. The third-order valence-corrected chi connectivity index (χ3v) is 3.64. The normalized spacial score (nSPS) is 13.4. The van der Waals surface area contributed by atoms with Gasteiger partial charge in [-0.15, -0.1) is 0 Å². The number of hydrogen-bond acceptors (Lipinski definition) is 5. The molecule has 10 heteroatoms. The van der Waals surface area contributed by atoms with Crippen molar-refractivity contribution in [3.8, 4) is 0 Å². The minimum Gasteiger partial charge on any atom is -0.466 e. The first-order valence-corrected chi connectivity index (χ1v) is 7.54. The Morgan fingerprint density at radius 1 is 1.11 bits per heavy atom. The molecule has 1 aromatic heterocycles. The van der Waals surface area contributed by atoms with Crippen LogP contribution in [0.1, 0.15) is 15.9 Å². The summed E-state index contributed by atoms with van der Waals surface area (Å²) in [7, 11) is 0.750. The summed E-state index contributed by atoms with van der Waals surface area (Å²) in [5, 5.41) is 3.57. The minimum absolute atomic E-state index is 0.278. The molecular weight excluding hydrogens is 370 g/mol. The van der Waals surface area contributed by atoms with Crippen LogP contribution in [0.15, 0.2) is 42.6 Å². The molecule has 0 unspecified atom stereocenters. The van der Waals surface area contributed by atoms with Crippen LogP contribution >= 0.6 is 0 Å². The number of esters is 1. The smallest absolute Gasteiger partial charge is 0.441 e. The summed E-state index contributed by atoms with van der Waals surface area (Å²) in [5.41, 5.74) is -3.59. The van der Waals surface area contributed by atoms with Crippen LogP contribution in [-0.2, 0) is 9.53 Å². The lowest BCUT2D eigenvalue weighted by Gasteiger charge is -2.35. The standard InChI is InChI=1S/C17H15F4N3O3/c1-10-4-3-9-22-13(10)23-16(15(26)27-2,17(19,20)21)24-14(25)11-5-7-12(18)8-6-11/h3-9H,1-2H3,(H,22,23)(H,24,25)/t16-/m0/s1. The molecular formula is C17H15F4N3O3. The van der Waals surface area contributed by atoms with Gasteiger partial charge in [-0.3, -0.25) is 4.79 Å². The van der Waals surface area contributed by atoms with Gasteiger partial charge in [-0.2, -0.15) is 13.2 Å². The Kier molecular flexibility index (Phi) is 5.67. The molecule has 0 aliphatic heterocycles. The third-order valence-electron chi connectivity index (χ3n) is 3.64. The number of amides is 1. The first-order valence-electron chi connectivity index (χ1n) is 7.54. The molecule has 0 aliphatic carbocycles. The number of ether oxygens (including phenoxy) is 1. The number of benzene rings is 1. The van der Waals surface area contributed by atoms with Crippen LogP contribution in [-0.4, -0.2) is 35.8 Å². The molecule has 0 saturated heterocycles. The van der Waals surface area contributed by atoms with E-state index < -0.39 is 29.5 Å². The highest BCUT2D eigenvalue weighted by Crippen LogP contribution is 2.33. The molecule has 2 rings (SSSR count). The van der Waals surface area contributed by atoms with Gasteiger partial charge in [-0.25, -0.2) is 14.2 Å². The van der Waals surface area contributed by atoms with Crippen LogP contribution < -0.4 is 10.6 Å². The van der Waals surface area contributed by atoms with E-state index in [1.54, 1.807) is 5.32 Å². The SMILES string of the molecule is COC(=O)[C@@](NC(=O)c1ccc(F)cc1)(Nc1ncccc1C)C(F)(F)F. The average molecular weight is 385 g/mol. The number of carbonyl (C=O) groups excluding carboxylic acids is 2. The van der Waals surface area contributed by atoms with Crippen molar-refractivity contribution in [1.82, 2.24) is 10.3 Å². The number of aryl methyl sites for hydroxylation is 1. The summed E-state index contributed by atoms with van der Waals surface area (Å²) >= 11 is 0. The predicted molar refractivity (Wildman–Crippen MR) is 87.3 cm³/mol. The molecule has 144 valence electrons. The van der Waals surface area contributed by atoms with E-state index in [9.17, 15) is 27.2 Å². The highest BCUT2D eigenvalue weighted by molar-refractivity contribution is 5.99. The maximum atomic E-state index is 13.9. The van der Waals surface area contributed by atoms with Crippen LogP contribution in [0, 0.1) is 12.7 Å². The van der Waals surface area contributed by atoms with Crippen molar-refractivity contribution in [3.05, 3.63) is 59.5 Å². The van der Waals surface area contributed by atoms with Crippen LogP contribution in [0.4, 0.5) is 23.4 Å². The number of halogens is 4. The van der Waals surface area contributed by atoms with Crippen molar-refractivity contribution in [2.75, 3.05) is 12.4 Å². The van der Waals surface area contributed by atoms with E-state index in [4.69, 9.17) is 0 Å². The first-order chi connectivity index (χ1) is 12.6. The van der Waals surface area contributed by atoms with Crippen LogP contribution in [0.5, 0.6) is 0 Å².